The minimum absolute atomic E-state index is 0.309. The summed E-state index contributed by atoms with van der Waals surface area (Å²) in [5.41, 5.74) is 7.14. The van der Waals surface area contributed by atoms with Gasteiger partial charge in [0.15, 0.2) is 0 Å². The Morgan fingerprint density at radius 1 is 1.05 bits per heavy atom. The molecule has 0 aliphatic heterocycles. The monoisotopic (exact) mass is 268 g/mol. The SMILES string of the molecule is CC(N(C)C1CC(C(C)(C)C)CCC1N)C(C)(C)C. The van der Waals surface area contributed by atoms with Crippen LogP contribution in [0, 0.1) is 16.7 Å². The quantitative estimate of drug-likeness (QED) is 0.823. The van der Waals surface area contributed by atoms with E-state index in [1.807, 2.05) is 0 Å². The van der Waals surface area contributed by atoms with E-state index < -0.39 is 0 Å². The van der Waals surface area contributed by atoms with Crippen LogP contribution >= 0.6 is 0 Å². The van der Waals surface area contributed by atoms with Gasteiger partial charge in [0.05, 0.1) is 0 Å². The lowest BCUT2D eigenvalue weighted by atomic mass is 9.69. The van der Waals surface area contributed by atoms with Crippen LogP contribution in [0.3, 0.4) is 0 Å². The lowest BCUT2D eigenvalue weighted by molar-refractivity contribution is 0.0316. The van der Waals surface area contributed by atoms with E-state index in [4.69, 9.17) is 5.73 Å². The maximum Gasteiger partial charge on any atom is 0.0250 e. The lowest BCUT2D eigenvalue weighted by Crippen LogP contribution is -2.56. The van der Waals surface area contributed by atoms with Crippen LogP contribution in [0.1, 0.15) is 67.7 Å². The van der Waals surface area contributed by atoms with Crippen molar-refractivity contribution >= 4 is 0 Å². The second-order valence-corrected chi connectivity index (χ2v) is 8.81. The van der Waals surface area contributed by atoms with E-state index in [2.05, 4.69) is 60.4 Å². The third-order valence-corrected chi connectivity index (χ3v) is 5.48. The summed E-state index contributed by atoms with van der Waals surface area (Å²) in [5, 5.41) is 0. The van der Waals surface area contributed by atoms with Crippen LogP contribution in [0.2, 0.25) is 0 Å². The van der Waals surface area contributed by atoms with Gasteiger partial charge in [-0.15, -0.1) is 0 Å². The van der Waals surface area contributed by atoms with Gasteiger partial charge in [-0.25, -0.2) is 0 Å². The molecule has 4 unspecified atom stereocenters. The summed E-state index contributed by atoms with van der Waals surface area (Å²) < 4.78 is 0. The highest BCUT2D eigenvalue weighted by Crippen LogP contribution is 2.40. The Hall–Kier alpha value is -0.0800. The Balaban J connectivity index is 2.79. The van der Waals surface area contributed by atoms with Crippen LogP contribution < -0.4 is 5.73 Å². The fraction of sp³-hybridized carbons (Fsp3) is 1.00. The van der Waals surface area contributed by atoms with Crippen LogP contribution in [0.15, 0.2) is 0 Å². The van der Waals surface area contributed by atoms with Crippen molar-refractivity contribution in [2.45, 2.75) is 85.9 Å². The third kappa shape index (κ3) is 4.19. The number of nitrogens with two attached hydrogens (primary N) is 1. The largest absolute Gasteiger partial charge is 0.326 e. The molecule has 114 valence electrons. The van der Waals surface area contributed by atoms with Gasteiger partial charge in [0.25, 0.3) is 0 Å². The standard InChI is InChI=1S/C17H36N2/c1-12(16(2,3)4)19(8)15-11-13(17(5,6)7)9-10-14(15)18/h12-15H,9-11,18H2,1-8H3. The minimum atomic E-state index is 0.309. The van der Waals surface area contributed by atoms with Crippen LogP contribution in [0.4, 0.5) is 0 Å². The predicted octanol–water partition coefficient (Wildman–Crippen LogP) is 3.89. The van der Waals surface area contributed by atoms with Gasteiger partial charge in [-0.05, 0) is 50.0 Å². The first-order valence-corrected chi connectivity index (χ1v) is 7.92. The molecule has 0 bridgehead atoms. The van der Waals surface area contributed by atoms with Gasteiger partial charge in [-0.3, -0.25) is 4.90 Å². The summed E-state index contributed by atoms with van der Waals surface area (Å²) >= 11 is 0. The molecular weight excluding hydrogens is 232 g/mol. The molecule has 0 radical (unpaired) electrons. The van der Waals surface area contributed by atoms with E-state index in [1.54, 1.807) is 0 Å². The average molecular weight is 268 g/mol. The molecule has 1 fully saturated rings. The number of hydrogen-bond acceptors (Lipinski definition) is 2. The second-order valence-electron chi connectivity index (χ2n) is 8.81. The van der Waals surface area contributed by atoms with Gasteiger partial charge in [0.1, 0.15) is 0 Å². The Morgan fingerprint density at radius 3 is 2.00 bits per heavy atom. The van der Waals surface area contributed by atoms with Crippen LogP contribution in [-0.4, -0.2) is 30.1 Å². The zero-order valence-electron chi connectivity index (χ0n) is 14.5. The molecule has 1 aliphatic carbocycles. The zero-order chi connectivity index (χ0) is 15.0. The molecular formula is C17H36N2. The van der Waals surface area contributed by atoms with Gasteiger partial charge < -0.3 is 5.73 Å². The minimum Gasteiger partial charge on any atom is -0.326 e. The fourth-order valence-electron chi connectivity index (χ4n) is 3.32. The van der Waals surface area contributed by atoms with Crippen LogP contribution in [-0.2, 0) is 0 Å². The summed E-state index contributed by atoms with van der Waals surface area (Å²) in [6, 6.07) is 1.43. The third-order valence-electron chi connectivity index (χ3n) is 5.48. The summed E-state index contributed by atoms with van der Waals surface area (Å²) in [5.74, 6) is 0.798. The van der Waals surface area contributed by atoms with Crippen molar-refractivity contribution in [3.8, 4) is 0 Å². The molecule has 1 aliphatic rings. The smallest absolute Gasteiger partial charge is 0.0250 e. The van der Waals surface area contributed by atoms with Crippen molar-refractivity contribution in [1.82, 2.24) is 4.90 Å². The highest BCUT2D eigenvalue weighted by atomic mass is 15.2. The molecule has 1 saturated carbocycles. The Bertz CT molecular complexity index is 273. The van der Waals surface area contributed by atoms with E-state index in [-0.39, 0.29) is 0 Å². The first kappa shape index (κ1) is 17.0. The molecule has 0 aromatic carbocycles. The Morgan fingerprint density at radius 2 is 1.58 bits per heavy atom. The Kier molecular flexibility index (Phi) is 5.12. The molecule has 2 N–H and O–H groups in total. The molecule has 1 rings (SSSR count). The van der Waals surface area contributed by atoms with Gasteiger partial charge in [0, 0.05) is 18.1 Å². The number of likely N-dealkylation sites (N-methyl/N-ethyl adjacent to an activating group) is 1. The van der Waals surface area contributed by atoms with Crippen LogP contribution in [0.25, 0.3) is 0 Å². The van der Waals surface area contributed by atoms with Gasteiger partial charge >= 0.3 is 0 Å². The predicted molar refractivity (Wildman–Crippen MR) is 85.2 cm³/mol. The zero-order valence-corrected chi connectivity index (χ0v) is 14.5. The summed E-state index contributed by atoms with van der Waals surface area (Å²) in [7, 11) is 2.27. The van der Waals surface area contributed by atoms with Crippen molar-refractivity contribution in [3.63, 3.8) is 0 Å². The van der Waals surface area contributed by atoms with E-state index in [0.717, 1.165) is 5.92 Å². The molecule has 0 spiro atoms. The van der Waals surface area contributed by atoms with Crippen molar-refractivity contribution in [2.75, 3.05) is 7.05 Å². The summed E-state index contributed by atoms with van der Waals surface area (Å²) in [6.07, 6.45) is 3.72. The average Bonchev–Trinajstić information content (AvgIpc) is 2.25. The molecule has 2 nitrogen and oxygen atoms in total. The van der Waals surface area contributed by atoms with Crippen molar-refractivity contribution < 1.29 is 0 Å². The molecule has 0 amide bonds. The normalized spacial score (nSPS) is 31.6. The van der Waals surface area contributed by atoms with Crippen molar-refractivity contribution in [3.05, 3.63) is 0 Å². The van der Waals surface area contributed by atoms with Gasteiger partial charge in [0.2, 0.25) is 0 Å². The van der Waals surface area contributed by atoms with Gasteiger partial charge in [-0.1, -0.05) is 41.5 Å². The number of hydrogen-bond donors (Lipinski definition) is 1. The maximum atomic E-state index is 6.42. The number of nitrogens with zero attached hydrogens (tertiary/aromatic N) is 1. The second kappa shape index (κ2) is 5.73. The molecule has 19 heavy (non-hydrogen) atoms. The highest BCUT2D eigenvalue weighted by Gasteiger charge is 2.38. The molecule has 0 aromatic rings. The molecule has 2 heteroatoms. The molecule has 0 aromatic heterocycles. The Labute approximate surface area is 121 Å². The van der Waals surface area contributed by atoms with E-state index >= 15 is 0 Å². The highest BCUT2D eigenvalue weighted by molar-refractivity contribution is 4.94. The van der Waals surface area contributed by atoms with E-state index in [9.17, 15) is 0 Å². The first-order valence-electron chi connectivity index (χ1n) is 7.92. The number of rotatable bonds is 2. The van der Waals surface area contributed by atoms with Crippen LogP contribution in [0.5, 0.6) is 0 Å². The summed E-state index contributed by atoms with van der Waals surface area (Å²) in [4.78, 5) is 2.54. The summed E-state index contributed by atoms with van der Waals surface area (Å²) in [6.45, 7) is 16.4. The first-order chi connectivity index (χ1) is 8.44. The lowest BCUT2D eigenvalue weighted by Gasteiger charge is -2.48. The fourth-order valence-corrected chi connectivity index (χ4v) is 3.32. The molecule has 4 atom stereocenters. The van der Waals surface area contributed by atoms with Gasteiger partial charge in [-0.2, -0.15) is 0 Å². The molecule has 0 heterocycles. The van der Waals surface area contributed by atoms with Crippen molar-refractivity contribution in [2.24, 2.45) is 22.5 Å². The van der Waals surface area contributed by atoms with E-state index in [0.29, 0.717) is 29.0 Å². The topological polar surface area (TPSA) is 29.3 Å². The van der Waals surface area contributed by atoms with Crippen molar-refractivity contribution in [1.29, 1.82) is 0 Å². The van der Waals surface area contributed by atoms with E-state index in [1.165, 1.54) is 19.3 Å². The molecule has 0 saturated heterocycles. The maximum absolute atomic E-state index is 6.42.